The van der Waals surface area contributed by atoms with Crippen molar-refractivity contribution in [2.75, 3.05) is 18.9 Å². The molecule has 2 aromatic carbocycles. The van der Waals surface area contributed by atoms with Crippen LogP contribution in [0.4, 0.5) is 5.69 Å². The fourth-order valence-electron chi connectivity index (χ4n) is 3.17. The first-order valence-electron chi connectivity index (χ1n) is 8.31. The Bertz CT molecular complexity index is 763. The number of hydrogen-bond acceptors (Lipinski definition) is 3. The van der Waals surface area contributed by atoms with Gasteiger partial charge in [-0.25, -0.2) is 0 Å². The molecule has 4 nitrogen and oxygen atoms in total. The minimum Gasteiger partial charge on any atom is -0.399 e. The number of rotatable bonds is 2. The van der Waals surface area contributed by atoms with E-state index in [-0.39, 0.29) is 30.5 Å². The summed E-state index contributed by atoms with van der Waals surface area (Å²) >= 11 is 0. The van der Waals surface area contributed by atoms with Gasteiger partial charge in [-0.15, -0.1) is 12.4 Å². The Kier molecular flexibility index (Phi) is 6.09. The Morgan fingerprint density at radius 3 is 2.68 bits per heavy atom. The number of carbonyl (C=O) groups is 1. The van der Waals surface area contributed by atoms with E-state index in [9.17, 15) is 4.79 Å². The number of hydrogen-bond donors (Lipinski definition) is 1. The molecule has 1 saturated heterocycles. The lowest BCUT2D eigenvalue weighted by atomic mass is 9.98. The SMILES string of the molecule is Cc1ccc(C)c(C2CN(C(=O)c3cccc(N)c3)C(C)CO2)c1.Cl. The summed E-state index contributed by atoms with van der Waals surface area (Å²) in [7, 11) is 0. The van der Waals surface area contributed by atoms with Gasteiger partial charge in [0.2, 0.25) is 0 Å². The molecule has 25 heavy (non-hydrogen) atoms. The number of nitrogen functional groups attached to an aromatic ring is 1. The Hall–Kier alpha value is -2.04. The Morgan fingerprint density at radius 1 is 1.20 bits per heavy atom. The summed E-state index contributed by atoms with van der Waals surface area (Å²) in [4.78, 5) is 14.8. The van der Waals surface area contributed by atoms with Crippen molar-refractivity contribution in [3.8, 4) is 0 Å². The number of morpholine rings is 1. The van der Waals surface area contributed by atoms with E-state index in [1.807, 2.05) is 24.0 Å². The lowest BCUT2D eigenvalue weighted by Gasteiger charge is -2.38. The van der Waals surface area contributed by atoms with Gasteiger partial charge in [0.25, 0.3) is 5.91 Å². The molecule has 134 valence electrons. The molecule has 5 heteroatoms. The van der Waals surface area contributed by atoms with Gasteiger partial charge in [0.1, 0.15) is 6.10 Å². The standard InChI is InChI=1S/C20H24N2O2.ClH/c1-13-7-8-14(2)18(9-13)19-11-22(15(3)12-24-19)20(23)16-5-4-6-17(21)10-16;/h4-10,15,19H,11-12,21H2,1-3H3;1H. The van der Waals surface area contributed by atoms with Gasteiger partial charge >= 0.3 is 0 Å². The molecule has 2 unspecified atom stereocenters. The van der Waals surface area contributed by atoms with Crippen LogP contribution in [-0.2, 0) is 4.74 Å². The smallest absolute Gasteiger partial charge is 0.254 e. The average molecular weight is 361 g/mol. The van der Waals surface area contributed by atoms with Crippen LogP contribution >= 0.6 is 12.4 Å². The Morgan fingerprint density at radius 2 is 1.96 bits per heavy atom. The highest BCUT2D eigenvalue weighted by atomic mass is 35.5. The predicted molar refractivity (Wildman–Crippen MR) is 103 cm³/mol. The molecule has 2 atom stereocenters. The zero-order valence-electron chi connectivity index (χ0n) is 14.9. The Labute approximate surface area is 155 Å². The topological polar surface area (TPSA) is 55.6 Å². The lowest BCUT2D eigenvalue weighted by Crippen LogP contribution is -2.48. The van der Waals surface area contributed by atoms with Crippen molar-refractivity contribution in [3.05, 3.63) is 64.7 Å². The van der Waals surface area contributed by atoms with Crippen molar-refractivity contribution >= 4 is 24.0 Å². The summed E-state index contributed by atoms with van der Waals surface area (Å²) in [5, 5.41) is 0. The molecule has 0 bridgehead atoms. The monoisotopic (exact) mass is 360 g/mol. The van der Waals surface area contributed by atoms with Gasteiger partial charge in [0, 0.05) is 11.3 Å². The van der Waals surface area contributed by atoms with Crippen molar-refractivity contribution < 1.29 is 9.53 Å². The van der Waals surface area contributed by atoms with E-state index in [0.717, 1.165) is 5.56 Å². The molecule has 0 aromatic heterocycles. The highest BCUT2D eigenvalue weighted by Crippen LogP contribution is 2.29. The van der Waals surface area contributed by atoms with E-state index in [4.69, 9.17) is 10.5 Å². The molecule has 1 aliphatic heterocycles. The van der Waals surface area contributed by atoms with E-state index in [1.54, 1.807) is 12.1 Å². The van der Waals surface area contributed by atoms with Crippen molar-refractivity contribution in [2.24, 2.45) is 0 Å². The summed E-state index contributed by atoms with van der Waals surface area (Å²) in [6.45, 7) is 7.26. The van der Waals surface area contributed by atoms with Crippen LogP contribution in [0.1, 0.15) is 40.1 Å². The zero-order valence-corrected chi connectivity index (χ0v) is 15.7. The number of halogens is 1. The van der Waals surface area contributed by atoms with Crippen molar-refractivity contribution in [1.29, 1.82) is 0 Å². The number of nitrogens with zero attached hydrogens (tertiary/aromatic N) is 1. The number of nitrogens with two attached hydrogens (primary N) is 1. The quantitative estimate of drug-likeness (QED) is 0.826. The molecule has 2 N–H and O–H groups in total. The van der Waals surface area contributed by atoms with Crippen LogP contribution in [-0.4, -0.2) is 30.0 Å². The molecule has 0 aliphatic carbocycles. The molecule has 1 fully saturated rings. The van der Waals surface area contributed by atoms with Crippen LogP contribution in [0.5, 0.6) is 0 Å². The summed E-state index contributed by atoms with van der Waals surface area (Å²) in [6, 6.07) is 13.6. The molecule has 0 saturated carbocycles. The lowest BCUT2D eigenvalue weighted by molar-refractivity contribution is -0.0489. The third-order valence-corrected chi connectivity index (χ3v) is 4.61. The van der Waals surface area contributed by atoms with Crippen LogP contribution < -0.4 is 5.73 Å². The van der Waals surface area contributed by atoms with Gasteiger partial charge in [0.05, 0.1) is 19.2 Å². The number of ether oxygens (including phenoxy) is 1. The first-order valence-corrected chi connectivity index (χ1v) is 8.31. The van der Waals surface area contributed by atoms with Crippen LogP contribution in [0.15, 0.2) is 42.5 Å². The predicted octanol–water partition coefficient (Wildman–Crippen LogP) is 3.91. The minimum atomic E-state index is -0.0916. The maximum atomic E-state index is 12.9. The molecule has 3 rings (SSSR count). The second-order valence-electron chi connectivity index (χ2n) is 6.61. The van der Waals surface area contributed by atoms with E-state index in [0.29, 0.717) is 24.4 Å². The van der Waals surface area contributed by atoms with Crippen molar-refractivity contribution in [3.63, 3.8) is 0 Å². The van der Waals surface area contributed by atoms with E-state index < -0.39 is 0 Å². The summed E-state index contributed by atoms with van der Waals surface area (Å²) < 4.78 is 6.03. The zero-order chi connectivity index (χ0) is 17.3. The largest absolute Gasteiger partial charge is 0.399 e. The summed E-state index contributed by atoms with van der Waals surface area (Å²) in [5.41, 5.74) is 10.6. The van der Waals surface area contributed by atoms with Gasteiger partial charge in [-0.1, -0.05) is 29.8 Å². The number of carbonyl (C=O) groups excluding carboxylic acids is 1. The van der Waals surface area contributed by atoms with Crippen LogP contribution in [0.3, 0.4) is 0 Å². The van der Waals surface area contributed by atoms with Crippen molar-refractivity contribution in [1.82, 2.24) is 4.90 Å². The van der Waals surface area contributed by atoms with Gasteiger partial charge in [-0.05, 0) is 50.1 Å². The average Bonchev–Trinajstić information content (AvgIpc) is 2.57. The molecule has 0 spiro atoms. The first-order chi connectivity index (χ1) is 11.5. The third-order valence-electron chi connectivity index (χ3n) is 4.61. The fourth-order valence-corrected chi connectivity index (χ4v) is 3.17. The number of amides is 1. The molecular weight excluding hydrogens is 336 g/mol. The van der Waals surface area contributed by atoms with Crippen LogP contribution in [0.25, 0.3) is 0 Å². The summed E-state index contributed by atoms with van der Waals surface area (Å²) in [6.07, 6.45) is -0.0916. The fraction of sp³-hybridized carbons (Fsp3) is 0.350. The van der Waals surface area contributed by atoms with Crippen LogP contribution in [0, 0.1) is 13.8 Å². The maximum Gasteiger partial charge on any atom is 0.254 e. The third kappa shape index (κ3) is 4.14. The second kappa shape index (κ2) is 7.89. The first kappa shape index (κ1) is 19.3. The van der Waals surface area contributed by atoms with Gasteiger partial charge < -0.3 is 15.4 Å². The Balaban J connectivity index is 0.00000225. The molecule has 0 radical (unpaired) electrons. The van der Waals surface area contributed by atoms with E-state index >= 15 is 0 Å². The second-order valence-corrected chi connectivity index (χ2v) is 6.61. The molecular formula is C20H25ClN2O2. The van der Waals surface area contributed by atoms with Crippen molar-refractivity contribution in [2.45, 2.75) is 32.9 Å². The number of aryl methyl sites for hydroxylation is 2. The molecule has 1 heterocycles. The van der Waals surface area contributed by atoms with Crippen LogP contribution in [0.2, 0.25) is 0 Å². The van der Waals surface area contributed by atoms with E-state index in [1.165, 1.54) is 11.1 Å². The van der Waals surface area contributed by atoms with Gasteiger partial charge in [-0.2, -0.15) is 0 Å². The van der Waals surface area contributed by atoms with Gasteiger partial charge in [-0.3, -0.25) is 4.79 Å². The summed E-state index contributed by atoms with van der Waals surface area (Å²) in [5.74, 6) is 0.00778. The van der Waals surface area contributed by atoms with Gasteiger partial charge in [0.15, 0.2) is 0 Å². The molecule has 2 aromatic rings. The number of anilines is 1. The normalized spacial score (nSPS) is 20.0. The highest BCUT2D eigenvalue weighted by molar-refractivity contribution is 5.95. The molecule has 1 amide bonds. The van der Waals surface area contributed by atoms with E-state index in [2.05, 4.69) is 32.0 Å². The number of benzene rings is 2. The minimum absolute atomic E-state index is 0. The maximum absolute atomic E-state index is 12.9. The highest BCUT2D eigenvalue weighted by Gasteiger charge is 2.31. The molecule has 1 aliphatic rings.